The molecule has 0 aromatic rings. The third-order valence-corrected chi connectivity index (χ3v) is 3.46. The smallest absolute Gasteiger partial charge is 0.216 e. The highest BCUT2D eigenvalue weighted by molar-refractivity contribution is 14.0. The van der Waals surface area contributed by atoms with E-state index in [1.54, 1.807) is 0 Å². The molecule has 1 aliphatic carbocycles. The maximum atomic E-state index is 10.8. The molecule has 0 aromatic carbocycles. The monoisotopic (exact) mass is 396 g/mol. The molecule has 0 aromatic heterocycles. The van der Waals surface area contributed by atoms with Gasteiger partial charge in [0.25, 0.3) is 0 Å². The third kappa shape index (κ3) is 8.60. The summed E-state index contributed by atoms with van der Waals surface area (Å²) in [5.41, 5.74) is 0. The van der Waals surface area contributed by atoms with Gasteiger partial charge in [-0.1, -0.05) is 6.92 Å². The molecule has 20 heavy (non-hydrogen) atoms. The van der Waals surface area contributed by atoms with Crippen molar-refractivity contribution in [2.45, 2.75) is 52.5 Å². The number of carbonyl (C=O) groups excluding carboxylic acids is 1. The number of hydrogen-bond acceptors (Lipinski definition) is 2. The van der Waals surface area contributed by atoms with Gasteiger partial charge >= 0.3 is 0 Å². The lowest BCUT2D eigenvalue weighted by molar-refractivity contribution is -0.118. The standard InChI is InChI=1S/C14H28N4O.HI/c1-4-15-14(17-10-9-16-12(3)19)18-13-7-5-11(2)6-8-13;/h11,13H,4-10H2,1-3H3,(H,16,19)(H2,15,17,18);1H. The van der Waals surface area contributed by atoms with E-state index in [0.717, 1.165) is 18.4 Å². The molecule has 1 amide bonds. The van der Waals surface area contributed by atoms with Crippen molar-refractivity contribution in [2.75, 3.05) is 19.6 Å². The second-order valence-electron chi connectivity index (χ2n) is 5.34. The van der Waals surface area contributed by atoms with Crippen molar-refractivity contribution in [3.63, 3.8) is 0 Å². The highest BCUT2D eigenvalue weighted by atomic mass is 127. The maximum absolute atomic E-state index is 10.8. The van der Waals surface area contributed by atoms with E-state index in [-0.39, 0.29) is 29.9 Å². The molecule has 0 heterocycles. The Kier molecular flexibility index (Phi) is 10.9. The molecule has 0 atom stereocenters. The molecule has 1 fully saturated rings. The highest BCUT2D eigenvalue weighted by Crippen LogP contribution is 2.23. The molecule has 3 N–H and O–H groups in total. The molecule has 6 heteroatoms. The van der Waals surface area contributed by atoms with Gasteiger partial charge < -0.3 is 16.0 Å². The summed E-state index contributed by atoms with van der Waals surface area (Å²) in [6.45, 7) is 7.97. The second kappa shape index (κ2) is 11.2. The number of guanidine groups is 1. The minimum atomic E-state index is -0.00516. The fourth-order valence-corrected chi connectivity index (χ4v) is 2.32. The van der Waals surface area contributed by atoms with Crippen LogP contribution in [-0.4, -0.2) is 37.5 Å². The van der Waals surface area contributed by atoms with E-state index in [0.29, 0.717) is 19.1 Å². The fourth-order valence-electron chi connectivity index (χ4n) is 2.32. The van der Waals surface area contributed by atoms with Crippen LogP contribution in [0.1, 0.15) is 46.5 Å². The summed E-state index contributed by atoms with van der Waals surface area (Å²) in [5.74, 6) is 1.72. The van der Waals surface area contributed by atoms with Crippen molar-refractivity contribution in [1.82, 2.24) is 16.0 Å². The van der Waals surface area contributed by atoms with Gasteiger partial charge in [-0.05, 0) is 38.5 Å². The minimum Gasteiger partial charge on any atom is -0.357 e. The van der Waals surface area contributed by atoms with Gasteiger partial charge in [0.1, 0.15) is 0 Å². The topological polar surface area (TPSA) is 65.5 Å². The van der Waals surface area contributed by atoms with Gasteiger partial charge in [-0.15, -0.1) is 24.0 Å². The fraction of sp³-hybridized carbons (Fsp3) is 0.857. The van der Waals surface area contributed by atoms with Crippen LogP contribution >= 0.6 is 24.0 Å². The van der Waals surface area contributed by atoms with Gasteiger partial charge in [0.2, 0.25) is 5.91 Å². The Morgan fingerprint density at radius 2 is 1.85 bits per heavy atom. The van der Waals surface area contributed by atoms with Gasteiger partial charge in [0, 0.05) is 26.1 Å². The summed E-state index contributed by atoms with van der Waals surface area (Å²) in [4.78, 5) is 15.2. The van der Waals surface area contributed by atoms with Crippen LogP contribution in [0.25, 0.3) is 0 Å². The normalized spacial score (nSPS) is 22.6. The van der Waals surface area contributed by atoms with Crippen LogP contribution in [0.3, 0.4) is 0 Å². The van der Waals surface area contributed by atoms with E-state index >= 15 is 0 Å². The van der Waals surface area contributed by atoms with Crippen molar-refractivity contribution < 1.29 is 4.79 Å². The zero-order valence-electron chi connectivity index (χ0n) is 12.9. The van der Waals surface area contributed by atoms with E-state index in [1.165, 1.54) is 32.6 Å². The Morgan fingerprint density at radius 3 is 2.40 bits per heavy atom. The minimum absolute atomic E-state index is 0. The summed E-state index contributed by atoms with van der Waals surface area (Å²) in [5, 5.41) is 9.50. The van der Waals surface area contributed by atoms with Crippen molar-refractivity contribution in [3.8, 4) is 0 Å². The number of hydrogen-bond donors (Lipinski definition) is 3. The number of halogens is 1. The largest absolute Gasteiger partial charge is 0.357 e. The molecule has 0 spiro atoms. The molecule has 1 saturated carbocycles. The Labute approximate surface area is 139 Å². The molecule has 5 nitrogen and oxygen atoms in total. The van der Waals surface area contributed by atoms with E-state index < -0.39 is 0 Å². The average Bonchev–Trinajstić information content (AvgIpc) is 2.37. The first-order valence-corrected chi connectivity index (χ1v) is 7.41. The van der Waals surface area contributed by atoms with E-state index in [2.05, 4.69) is 34.8 Å². The molecule has 0 saturated heterocycles. The third-order valence-electron chi connectivity index (χ3n) is 3.46. The molecule has 0 radical (unpaired) electrons. The molecular weight excluding hydrogens is 367 g/mol. The van der Waals surface area contributed by atoms with Crippen molar-refractivity contribution in [1.29, 1.82) is 0 Å². The summed E-state index contributed by atoms with van der Waals surface area (Å²) in [7, 11) is 0. The summed E-state index contributed by atoms with van der Waals surface area (Å²) in [6.07, 6.45) is 5.03. The lowest BCUT2D eigenvalue weighted by Crippen LogP contribution is -2.45. The van der Waals surface area contributed by atoms with Gasteiger partial charge in [0.15, 0.2) is 5.96 Å². The lowest BCUT2D eigenvalue weighted by atomic mass is 9.87. The van der Waals surface area contributed by atoms with Crippen LogP contribution in [0.2, 0.25) is 0 Å². The van der Waals surface area contributed by atoms with Gasteiger partial charge in [-0.25, -0.2) is 0 Å². The lowest BCUT2D eigenvalue weighted by Gasteiger charge is -2.28. The van der Waals surface area contributed by atoms with Gasteiger partial charge in [-0.3, -0.25) is 9.79 Å². The first-order chi connectivity index (χ1) is 9.11. The summed E-state index contributed by atoms with van der Waals surface area (Å²) in [6, 6.07) is 0.537. The molecule has 118 valence electrons. The Bertz CT molecular complexity index is 302. The first kappa shape index (κ1) is 19.5. The zero-order chi connectivity index (χ0) is 14.1. The van der Waals surface area contributed by atoms with E-state index in [4.69, 9.17) is 0 Å². The molecule has 0 bridgehead atoms. The summed E-state index contributed by atoms with van der Waals surface area (Å²) >= 11 is 0. The van der Waals surface area contributed by atoms with Crippen LogP contribution in [0.4, 0.5) is 0 Å². The molecule has 1 aliphatic rings. The number of amides is 1. The van der Waals surface area contributed by atoms with Crippen LogP contribution in [0.5, 0.6) is 0 Å². The molecule has 0 aliphatic heterocycles. The second-order valence-corrected chi connectivity index (χ2v) is 5.34. The predicted octanol–water partition coefficient (Wildman–Crippen LogP) is 1.87. The van der Waals surface area contributed by atoms with E-state index in [1.807, 2.05) is 0 Å². The molecule has 0 unspecified atom stereocenters. The van der Waals surface area contributed by atoms with Crippen LogP contribution in [0, 0.1) is 5.92 Å². The number of nitrogens with zero attached hydrogens (tertiary/aromatic N) is 1. The zero-order valence-corrected chi connectivity index (χ0v) is 15.2. The van der Waals surface area contributed by atoms with Crippen LogP contribution in [0.15, 0.2) is 4.99 Å². The Hall–Kier alpha value is -0.530. The Balaban J connectivity index is 0.00000361. The van der Waals surface area contributed by atoms with Gasteiger partial charge in [0.05, 0.1) is 6.54 Å². The highest BCUT2D eigenvalue weighted by Gasteiger charge is 2.18. The van der Waals surface area contributed by atoms with E-state index in [9.17, 15) is 4.79 Å². The van der Waals surface area contributed by atoms with Gasteiger partial charge in [-0.2, -0.15) is 0 Å². The number of carbonyl (C=O) groups is 1. The SMILES string of the molecule is CCNC(=NCCNC(C)=O)NC1CCC(C)CC1.I. The average molecular weight is 396 g/mol. The molecule has 1 rings (SSSR count). The quantitative estimate of drug-likeness (QED) is 0.288. The summed E-state index contributed by atoms with van der Waals surface area (Å²) < 4.78 is 0. The van der Waals surface area contributed by atoms with Crippen molar-refractivity contribution in [3.05, 3.63) is 0 Å². The predicted molar refractivity (Wildman–Crippen MR) is 94.6 cm³/mol. The van der Waals surface area contributed by atoms with Crippen molar-refractivity contribution in [2.24, 2.45) is 10.9 Å². The number of nitrogens with one attached hydrogen (secondary N) is 3. The maximum Gasteiger partial charge on any atom is 0.216 e. The first-order valence-electron chi connectivity index (χ1n) is 7.41. The van der Waals surface area contributed by atoms with Crippen molar-refractivity contribution >= 4 is 35.8 Å². The number of aliphatic imine (C=N–C) groups is 1. The number of rotatable bonds is 5. The van der Waals surface area contributed by atoms with Crippen LogP contribution in [-0.2, 0) is 4.79 Å². The van der Waals surface area contributed by atoms with Crippen LogP contribution < -0.4 is 16.0 Å². The Morgan fingerprint density at radius 1 is 1.20 bits per heavy atom. The molecular formula is C14H29IN4O.